The number of amides is 2. The number of hydrogen-bond donors (Lipinski definition) is 3. The Labute approximate surface area is 224 Å². The van der Waals surface area contributed by atoms with Crippen molar-refractivity contribution in [2.24, 2.45) is 0 Å². The summed E-state index contributed by atoms with van der Waals surface area (Å²) >= 11 is 17.3. The first-order chi connectivity index (χ1) is 17.3. The molecule has 3 rings (SSSR count). The van der Waals surface area contributed by atoms with E-state index in [4.69, 9.17) is 44.6 Å². The summed E-state index contributed by atoms with van der Waals surface area (Å²) in [6.07, 6.45) is 5.02. The largest absolute Gasteiger partial charge is 0.494 e. The van der Waals surface area contributed by atoms with Crippen molar-refractivity contribution in [3.8, 4) is 17.1 Å². The molecule has 1 heterocycles. The fourth-order valence-corrected chi connectivity index (χ4v) is 3.93. The fraction of sp³-hybridized carbons (Fsp3) is 0.192. The van der Waals surface area contributed by atoms with Gasteiger partial charge in [0.25, 0.3) is 0 Å². The molecule has 0 atom stereocenters. The van der Waals surface area contributed by atoms with E-state index in [-0.39, 0.29) is 11.0 Å². The molecular formula is C26H25Cl2N3O4S. The summed E-state index contributed by atoms with van der Waals surface area (Å²) in [7, 11) is 1.51. The third-order valence-electron chi connectivity index (χ3n) is 4.90. The van der Waals surface area contributed by atoms with Gasteiger partial charge in [-0.3, -0.25) is 14.9 Å². The Morgan fingerprint density at radius 2 is 1.81 bits per heavy atom. The molecule has 0 unspecified atom stereocenters. The first-order valence-electron chi connectivity index (χ1n) is 11.1. The van der Waals surface area contributed by atoms with Crippen LogP contribution < -0.4 is 20.7 Å². The SMILES string of the molecule is CCCCC(=O)Nc1ccc(NC(=S)NC(=O)/C=C/c2ccc(-c3cc(Cl)cc(Cl)c3)o2)cc1OC. The molecule has 188 valence electrons. The summed E-state index contributed by atoms with van der Waals surface area (Å²) in [6, 6.07) is 13.7. The standard InChI is InChI=1S/C26H25Cl2N3O4S/c1-3-4-5-24(32)30-21-9-6-19(15-23(21)34-2)29-26(36)31-25(33)11-8-20-7-10-22(35-20)16-12-17(27)14-18(28)13-16/h6-15H,3-5H2,1-2H3,(H,30,32)(H2,29,31,33,36)/b11-8+. The van der Waals surface area contributed by atoms with Gasteiger partial charge in [0.2, 0.25) is 11.8 Å². The number of benzene rings is 2. The minimum Gasteiger partial charge on any atom is -0.494 e. The highest BCUT2D eigenvalue weighted by Crippen LogP contribution is 2.29. The van der Waals surface area contributed by atoms with E-state index in [0.29, 0.717) is 45.1 Å². The summed E-state index contributed by atoms with van der Waals surface area (Å²) in [5.41, 5.74) is 1.87. The number of ether oxygens (including phenoxy) is 1. The van der Waals surface area contributed by atoms with Crippen molar-refractivity contribution in [1.82, 2.24) is 5.32 Å². The summed E-state index contributed by atoms with van der Waals surface area (Å²) in [6.45, 7) is 2.03. The van der Waals surface area contributed by atoms with Crippen LogP contribution in [-0.2, 0) is 9.59 Å². The summed E-state index contributed by atoms with van der Waals surface area (Å²) in [5.74, 6) is 0.981. The van der Waals surface area contributed by atoms with E-state index in [2.05, 4.69) is 16.0 Å². The number of halogens is 2. The van der Waals surface area contributed by atoms with E-state index in [1.54, 1.807) is 48.5 Å². The molecule has 0 saturated carbocycles. The van der Waals surface area contributed by atoms with Crippen molar-refractivity contribution < 1.29 is 18.7 Å². The van der Waals surface area contributed by atoms with E-state index >= 15 is 0 Å². The van der Waals surface area contributed by atoms with Gasteiger partial charge in [-0.1, -0.05) is 36.5 Å². The van der Waals surface area contributed by atoms with Gasteiger partial charge >= 0.3 is 0 Å². The topological polar surface area (TPSA) is 92.6 Å². The van der Waals surface area contributed by atoms with Crippen LogP contribution in [0, 0.1) is 0 Å². The van der Waals surface area contributed by atoms with Crippen LogP contribution in [-0.4, -0.2) is 24.0 Å². The molecule has 0 aliphatic rings. The zero-order valence-electron chi connectivity index (χ0n) is 19.7. The van der Waals surface area contributed by atoms with E-state index in [1.807, 2.05) is 6.92 Å². The Hall–Kier alpha value is -3.33. The Kier molecular flexibility index (Phi) is 9.93. The second-order valence-electron chi connectivity index (χ2n) is 7.70. The highest BCUT2D eigenvalue weighted by atomic mass is 35.5. The van der Waals surface area contributed by atoms with Crippen LogP contribution in [0.1, 0.15) is 31.9 Å². The van der Waals surface area contributed by atoms with Gasteiger partial charge in [0.1, 0.15) is 17.3 Å². The van der Waals surface area contributed by atoms with E-state index in [9.17, 15) is 9.59 Å². The number of carbonyl (C=O) groups is 2. The van der Waals surface area contributed by atoms with Gasteiger partial charge in [-0.2, -0.15) is 0 Å². The van der Waals surface area contributed by atoms with E-state index in [1.165, 1.54) is 19.3 Å². The molecule has 36 heavy (non-hydrogen) atoms. The molecule has 1 aromatic heterocycles. The van der Waals surface area contributed by atoms with Gasteiger partial charge in [-0.15, -0.1) is 0 Å². The zero-order valence-corrected chi connectivity index (χ0v) is 22.0. The van der Waals surface area contributed by atoms with Crippen molar-refractivity contribution in [1.29, 1.82) is 0 Å². The number of thiocarbonyl (C=S) groups is 1. The molecule has 0 aliphatic heterocycles. The van der Waals surface area contributed by atoms with E-state index in [0.717, 1.165) is 18.4 Å². The van der Waals surface area contributed by atoms with E-state index < -0.39 is 5.91 Å². The van der Waals surface area contributed by atoms with Crippen LogP contribution in [0.2, 0.25) is 10.0 Å². The van der Waals surface area contributed by atoms with Crippen LogP contribution in [0.5, 0.6) is 5.75 Å². The highest BCUT2D eigenvalue weighted by Gasteiger charge is 2.10. The molecule has 7 nitrogen and oxygen atoms in total. The number of rotatable bonds is 9. The molecule has 2 aromatic carbocycles. The molecule has 3 N–H and O–H groups in total. The molecule has 0 fully saturated rings. The third-order valence-corrected chi connectivity index (χ3v) is 5.54. The number of unbranched alkanes of at least 4 members (excludes halogenated alkanes) is 1. The van der Waals surface area contributed by atoms with Crippen LogP contribution in [0.25, 0.3) is 17.4 Å². The predicted octanol–water partition coefficient (Wildman–Crippen LogP) is 6.92. The minimum atomic E-state index is -0.442. The number of nitrogens with one attached hydrogen (secondary N) is 3. The Bertz CT molecular complexity index is 1270. The Balaban J connectivity index is 1.56. The number of anilines is 2. The molecule has 0 aliphatic carbocycles. The second kappa shape index (κ2) is 13.1. The summed E-state index contributed by atoms with van der Waals surface area (Å²) < 4.78 is 11.1. The first kappa shape index (κ1) is 27.3. The number of hydrogen-bond acceptors (Lipinski definition) is 5. The van der Waals surface area contributed by atoms with Gasteiger partial charge in [-0.25, -0.2) is 0 Å². The lowest BCUT2D eigenvalue weighted by atomic mass is 10.2. The van der Waals surface area contributed by atoms with Crippen molar-refractivity contribution in [3.63, 3.8) is 0 Å². The second-order valence-corrected chi connectivity index (χ2v) is 8.98. The van der Waals surface area contributed by atoms with Crippen molar-refractivity contribution in [3.05, 3.63) is 70.4 Å². The van der Waals surface area contributed by atoms with Crippen LogP contribution in [0.3, 0.4) is 0 Å². The third kappa shape index (κ3) is 8.12. The molecule has 0 saturated heterocycles. The van der Waals surface area contributed by atoms with Gasteiger partial charge in [-0.05, 0) is 67.2 Å². The first-order valence-corrected chi connectivity index (χ1v) is 12.3. The van der Waals surface area contributed by atoms with Crippen LogP contribution in [0.4, 0.5) is 11.4 Å². The highest BCUT2D eigenvalue weighted by molar-refractivity contribution is 7.80. The van der Waals surface area contributed by atoms with Gasteiger partial charge in [0.15, 0.2) is 5.11 Å². The maximum absolute atomic E-state index is 12.3. The zero-order chi connectivity index (χ0) is 26.1. The summed E-state index contributed by atoms with van der Waals surface area (Å²) in [4.78, 5) is 24.3. The van der Waals surface area contributed by atoms with Crippen molar-refractivity contribution in [2.45, 2.75) is 26.2 Å². The lowest BCUT2D eigenvalue weighted by Crippen LogP contribution is -2.32. The smallest absolute Gasteiger partial charge is 0.250 e. The molecule has 0 bridgehead atoms. The van der Waals surface area contributed by atoms with Crippen LogP contribution in [0.15, 0.2) is 59.0 Å². The normalized spacial score (nSPS) is 10.8. The number of carbonyl (C=O) groups excluding carboxylic acids is 2. The number of methoxy groups -OCH3 is 1. The summed E-state index contributed by atoms with van der Waals surface area (Å²) in [5, 5.41) is 9.41. The maximum atomic E-state index is 12.3. The van der Waals surface area contributed by atoms with Crippen LogP contribution >= 0.6 is 35.4 Å². The average Bonchev–Trinajstić information content (AvgIpc) is 3.31. The average molecular weight is 546 g/mol. The minimum absolute atomic E-state index is 0.0783. The molecule has 0 spiro atoms. The quantitative estimate of drug-likeness (QED) is 0.199. The fourth-order valence-electron chi connectivity index (χ4n) is 3.19. The molecule has 3 aromatic rings. The van der Waals surface area contributed by atoms with Gasteiger partial charge < -0.3 is 19.8 Å². The predicted molar refractivity (Wildman–Crippen MR) is 149 cm³/mol. The number of furan rings is 1. The molecule has 10 heteroatoms. The Morgan fingerprint density at radius 1 is 1.06 bits per heavy atom. The lowest BCUT2D eigenvalue weighted by Gasteiger charge is -2.13. The van der Waals surface area contributed by atoms with Gasteiger partial charge in [0.05, 0.1) is 12.8 Å². The van der Waals surface area contributed by atoms with Crippen molar-refractivity contribution >= 4 is 69.8 Å². The molecule has 2 amide bonds. The van der Waals surface area contributed by atoms with Crippen molar-refractivity contribution in [2.75, 3.05) is 17.7 Å². The molecule has 0 radical (unpaired) electrons. The monoisotopic (exact) mass is 545 g/mol. The molecular weight excluding hydrogens is 521 g/mol. The maximum Gasteiger partial charge on any atom is 0.250 e. The Morgan fingerprint density at radius 3 is 2.50 bits per heavy atom. The lowest BCUT2D eigenvalue weighted by molar-refractivity contribution is -0.116. The van der Waals surface area contributed by atoms with Gasteiger partial charge in [0, 0.05) is 39.9 Å².